The zero-order valence-corrected chi connectivity index (χ0v) is 8.71. The summed E-state index contributed by atoms with van der Waals surface area (Å²) < 4.78 is 15.2. The number of nitrogens with two attached hydrogens (primary N) is 1. The minimum Gasteiger partial charge on any atom is -0.326 e. The van der Waals surface area contributed by atoms with Gasteiger partial charge >= 0.3 is 8.25 Å². The van der Waals surface area contributed by atoms with E-state index >= 15 is 0 Å². The monoisotopic (exact) mass is 211 g/mol. The second kappa shape index (κ2) is 4.63. The maximum Gasteiger partial charge on any atom is 0.316 e. The molecule has 1 fully saturated rings. The molecule has 0 aliphatic carbocycles. The quantitative estimate of drug-likeness (QED) is 0.665. The van der Waals surface area contributed by atoms with Crippen molar-refractivity contribution in [2.45, 2.75) is 36.5 Å². The molecule has 0 bridgehead atoms. The van der Waals surface area contributed by atoms with Crippen LogP contribution in [0.25, 0.3) is 0 Å². The Balaban J connectivity index is 2.38. The van der Waals surface area contributed by atoms with E-state index in [4.69, 9.17) is 15.2 Å². The SMILES string of the molecule is CC1CC(O[PH](=O)O)CC(N)S1. The molecule has 1 aliphatic rings. The molecule has 1 rings (SSSR count). The summed E-state index contributed by atoms with van der Waals surface area (Å²) in [7, 11) is -2.79. The highest BCUT2D eigenvalue weighted by Gasteiger charge is 2.26. The summed E-state index contributed by atoms with van der Waals surface area (Å²) in [6, 6.07) is 0. The number of hydrogen-bond acceptors (Lipinski definition) is 4. The first-order chi connectivity index (χ1) is 5.58. The Hall–Kier alpha value is 0.460. The highest BCUT2D eigenvalue weighted by atomic mass is 32.2. The smallest absolute Gasteiger partial charge is 0.316 e. The van der Waals surface area contributed by atoms with E-state index in [0.717, 1.165) is 6.42 Å². The topological polar surface area (TPSA) is 72.5 Å². The Bertz CT molecular complexity index is 170. The molecule has 1 heterocycles. The largest absolute Gasteiger partial charge is 0.326 e. The summed E-state index contributed by atoms with van der Waals surface area (Å²) in [5.74, 6) is 0. The molecular weight excluding hydrogens is 197 g/mol. The Labute approximate surface area is 76.8 Å². The first-order valence-electron chi connectivity index (χ1n) is 3.88. The molecule has 4 unspecified atom stereocenters. The maximum absolute atomic E-state index is 10.4. The molecule has 3 N–H and O–H groups in total. The van der Waals surface area contributed by atoms with Gasteiger partial charge in [-0.3, -0.25) is 4.57 Å². The van der Waals surface area contributed by atoms with Crippen molar-refractivity contribution in [2.75, 3.05) is 0 Å². The van der Waals surface area contributed by atoms with Gasteiger partial charge < -0.3 is 15.2 Å². The first kappa shape index (κ1) is 10.5. The average molecular weight is 211 g/mol. The molecule has 12 heavy (non-hydrogen) atoms. The highest BCUT2D eigenvalue weighted by molar-refractivity contribution is 8.00. The van der Waals surface area contributed by atoms with E-state index in [-0.39, 0.29) is 11.5 Å². The molecule has 72 valence electrons. The van der Waals surface area contributed by atoms with Crippen molar-refractivity contribution in [2.24, 2.45) is 5.73 Å². The molecule has 4 nitrogen and oxygen atoms in total. The van der Waals surface area contributed by atoms with Gasteiger partial charge in [0.2, 0.25) is 0 Å². The third kappa shape index (κ3) is 3.46. The molecule has 0 aromatic rings. The van der Waals surface area contributed by atoms with Crippen molar-refractivity contribution in [3.05, 3.63) is 0 Å². The summed E-state index contributed by atoms with van der Waals surface area (Å²) in [6.07, 6.45) is 1.36. The van der Waals surface area contributed by atoms with Crippen molar-refractivity contribution in [3.8, 4) is 0 Å². The van der Waals surface area contributed by atoms with Crippen LogP contribution < -0.4 is 5.73 Å². The molecule has 6 heteroatoms. The molecule has 0 amide bonds. The number of rotatable bonds is 2. The van der Waals surface area contributed by atoms with Gasteiger partial charge in [-0.05, 0) is 12.8 Å². The second-order valence-corrected chi connectivity index (χ2v) is 5.41. The summed E-state index contributed by atoms with van der Waals surface area (Å²) >= 11 is 1.70. The minimum atomic E-state index is -2.79. The van der Waals surface area contributed by atoms with Crippen LogP contribution >= 0.6 is 20.0 Å². The van der Waals surface area contributed by atoms with Crippen molar-refractivity contribution in [3.63, 3.8) is 0 Å². The van der Waals surface area contributed by atoms with Gasteiger partial charge in [0, 0.05) is 5.25 Å². The predicted octanol–water partition coefficient (Wildman–Crippen LogP) is 0.954. The Morgan fingerprint density at radius 1 is 1.67 bits per heavy atom. The van der Waals surface area contributed by atoms with Crippen molar-refractivity contribution in [1.29, 1.82) is 0 Å². The van der Waals surface area contributed by atoms with Gasteiger partial charge in [-0.1, -0.05) is 6.92 Å². The number of hydrogen-bond donors (Lipinski definition) is 2. The van der Waals surface area contributed by atoms with Crippen LogP contribution in [-0.2, 0) is 9.09 Å². The number of thioether (sulfide) groups is 1. The lowest BCUT2D eigenvalue weighted by Gasteiger charge is -2.29. The van der Waals surface area contributed by atoms with Crippen LogP contribution in [0.4, 0.5) is 0 Å². The summed E-state index contributed by atoms with van der Waals surface area (Å²) in [5.41, 5.74) is 5.70. The first-order valence-corrected chi connectivity index (χ1v) is 6.09. The van der Waals surface area contributed by atoms with E-state index in [9.17, 15) is 4.57 Å². The van der Waals surface area contributed by atoms with E-state index in [0.29, 0.717) is 11.7 Å². The summed E-state index contributed by atoms with van der Waals surface area (Å²) in [4.78, 5) is 8.55. The van der Waals surface area contributed by atoms with Crippen molar-refractivity contribution < 1.29 is 14.0 Å². The van der Waals surface area contributed by atoms with Crippen LogP contribution in [0.1, 0.15) is 19.8 Å². The van der Waals surface area contributed by atoms with Crippen molar-refractivity contribution >= 4 is 20.0 Å². The Kier molecular flexibility index (Phi) is 4.06. The Morgan fingerprint density at radius 3 is 2.83 bits per heavy atom. The molecular formula is C6H14NO3PS. The molecule has 0 radical (unpaired) electrons. The van der Waals surface area contributed by atoms with Crippen molar-refractivity contribution in [1.82, 2.24) is 0 Å². The van der Waals surface area contributed by atoms with Crippen LogP contribution in [0.3, 0.4) is 0 Å². The lowest BCUT2D eigenvalue weighted by atomic mass is 10.1. The van der Waals surface area contributed by atoms with E-state index in [1.807, 2.05) is 0 Å². The van der Waals surface area contributed by atoms with E-state index < -0.39 is 8.25 Å². The fraction of sp³-hybridized carbons (Fsp3) is 1.00. The average Bonchev–Trinajstić information content (AvgIpc) is 1.81. The van der Waals surface area contributed by atoms with E-state index in [1.54, 1.807) is 11.8 Å². The van der Waals surface area contributed by atoms with E-state index in [2.05, 4.69) is 6.92 Å². The minimum absolute atomic E-state index is 0.0418. The molecule has 4 atom stereocenters. The molecule has 0 spiro atoms. The van der Waals surface area contributed by atoms with Gasteiger partial charge in [-0.15, -0.1) is 11.8 Å². The van der Waals surface area contributed by atoms with Crippen LogP contribution in [-0.4, -0.2) is 21.6 Å². The molecule has 1 aliphatic heterocycles. The molecule has 0 saturated carbocycles. The van der Waals surface area contributed by atoms with Gasteiger partial charge in [0.05, 0.1) is 11.5 Å². The van der Waals surface area contributed by atoms with Crippen LogP contribution in [0.2, 0.25) is 0 Å². The van der Waals surface area contributed by atoms with Gasteiger partial charge in [-0.2, -0.15) is 0 Å². The zero-order chi connectivity index (χ0) is 9.14. The third-order valence-corrected chi connectivity index (χ3v) is 3.50. The van der Waals surface area contributed by atoms with Crippen LogP contribution in [0.5, 0.6) is 0 Å². The standard InChI is InChI=1S/C6H14NO3PS/c1-4-2-5(10-11(8)9)3-6(7)12-4/h4-6,11H,2-3,7H2,1H3,(H,8,9). The van der Waals surface area contributed by atoms with Gasteiger partial charge in [0.1, 0.15) is 0 Å². The Morgan fingerprint density at radius 2 is 2.33 bits per heavy atom. The predicted molar refractivity (Wildman–Crippen MR) is 50.4 cm³/mol. The van der Waals surface area contributed by atoms with E-state index in [1.165, 1.54) is 0 Å². The lowest BCUT2D eigenvalue weighted by Crippen LogP contribution is -2.32. The fourth-order valence-corrected chi connectivity index (χ4v) is 3.10. The summed E-state index contributed by atoms with van der Waals surface area (Å²) in [6.45, 7) is 2.05. The van der Waals surface area contributed by atoms with Crippen LogP contribution in [0.15, 0.2) is 0 Å². The lowest BCUT2D eigenvalue weighted by molar-refractivity contribution is 0.165. The summed E-state index contributed by atoms with van der Waals surface area (Å²) in [5, 5.41) is 0.459. The van der Waals surface area contributed by atoms with Gasteiger partial charge in [0.15, 0.2) is 0 Å². The van der Waals surface area contributed by atoms with Crippen LogP contribution in [0, 0.1) is 0 Å². The maximum atomic E-state index is 10.4. The van der Waals surface area contributed by atoms with Gasteiger partial charge in [0.25, 0.3) is 0 Å². The highest BCUT2D eigenvalue weighted by Crippen LogP contribution is 2.34. The molecule has 0 aromatic carbocycles. The third-order valence-electron chi connectivity index (χ3n) is 1.76. The second-order valence-electron chi connectivity index (χ2n) is 2.96. The normalized spacial score (nSPS) is 39.4. The molecule has 0 aromatic heterocycles. The molecule has 1 saturated heterocycles. The zero-order valence-electron chi connectivity index (χ0n) is 6.90. The fourth-order valence-electron chi connectivity index (χ4n) is 1.37. The van der Waals surface area contributed by atoms with Gasteiger partial charge in [-0.25, -0.2) is 0 Å².